The molecule has 0 spiro atoms. The van der Waals surface area contributed by atoms with Crippen LogP contribution in [0.5, 0.6) is 5.75 Å². The number of aryl methyl sites for hydroxylation is 1. The van der Waals surface area contributed by atoms with Gasteiger partial charge in [-0.15, -0.1) is 0 Å². The number of hydrogen-bond donors (Lipinski definition) is 1. The molecular formula is C18H20BrNO. The molecule has 0 atom stereocenters. The fourth-order valence-electron chi connectivity index (χ4n) is 2.96. The van der Waals surface area contributed by atoms with Crippen LogP contribution in [-0.4, -0.2) is 7.11 Å². The van der Waals surface area contributed by atoms with Gasteiger partial charge in [0.1, 0.15) is 5.75 Å². The van der Waals surface area contributed by atoms with Gasteiger partial charge in [-0.05, 0) is 76.5 Å². The smallest absolute Gasteiger partial charge is 0.133 e. The fourth-order valence-corrected chi connectivity index (χ4v) is 3.55. The number of benzene rings is 2. The van der Waals surface area contributed by atoms with Gasteiger partial charge in [0.2, 0.25) is 0 Å². The van der Waals surface area contributed by atoms with E-state index in [1.165, 1.54) is 48.1 Å². The highest BCUT2D eigenvalue weighted by atomic mass is 79.9. The molecule has 0 heterocycles. The first kappa shape index (κ1) is 14.5. The summed E-state index contributed by atoms with van der Waals surface area (Å²) in [6, 6.07) is 12.8. The Bertz CT molecular complexity index is 639. The summed E-state index contributed by atoms with van der Waals surface area (Å²) in [7, 11) is 1.69. The van der Waals surface area contributed by atoms with E-state index in [2.05, 4.69) is 51.6 Å². The summed E-state index contributed by atoms with van der Waals surface area (Å²) in [5.74, 6) is 0.871. The zero-order valence-electron chi connectivity index (χ0n) is 12.3. The number of ether oxygens (including phenoxy) is 1. The van der Waals surface area contributed by atoms with E-state index in [1.807, 2.05) is 6.07 Å². The largest absolute Gasteiger partial charge is 0.496 e. The molecule has 2 nitrogen and oxygen atoms in total. The van der Waals surface area contributed by atoms with Crippen LogP contribution in [0.1, 0.15) is 29.5 Å². The summed E-state index contributed by atoms with van der Waals surface area (Å²) in [5.41, 5.74) is 5.56. The number of anilines is 1. The molecule has 1 N–H and O–H groups in total. The van der Waals surface area contributed by atoms with Crippen molar-refractivity contribution >= 4 is 21.6 Å². The average Bonchev–Trinajstić information content (AvgIpc) is 2.53. The number of hydrogen-bond acceptors (Lipinski definition) is 2. The van der Waals surface area contributed by atoms with Crippen LogP contribution in [0.15, 0.2) is 40.9 Å². The van der Waals surface area contributed by atoms with Gasteiger partial charge in [-0.1, -0.05) is 18.2 Å². The molecule has 1 aliphatic carbocycles. The van der Waals surface area contributed by atoms with Gasteiger partial charge in [-0.3, -0.25) is 0 Å². The molecule has 110 valence electrons. The number of nitrogens with one attached hydrogen (secondary N) is 1. The van der Waals surface area contributed by atoms with Crippen molar-refractivity contribution in [1.29, 1.82) is 0 Å². The Kier molecular flexibility index (Phi) is 4.49. The van der Waals surface area contributed by atoms with E-state index < -0.39 is 0 Å². The molecule has 2 aromatic carbocycles. The van der Waals surface area contributed by atoms with E-state index in [-0.39, 0.29) is 0 Å². The molecule has 2 aromatic rings. The quantitative estimate of drug-likeness (QED) is 0.846. The molecule has 0 aliphatic heterocycles. The van der Waals surface area contributed by atoms with Crippen LogP contribution in [0, 0.1) is 0 Å². The van der Waals surface area contributed by atoms with Gasteiger partial charge in [-0.25, -0.2) is 0 Å². The highest BCUT2D eigenvalue weighted by molar-refractivity contribution is 9.10. The van der Waals surface area contributed by atoms with Crippen molar-refractivity contribution < 1.29 is 4.74 Å². The lowest BCUT2D eigenvalue weighted by atomic mass is 9.90. The zero-order chi connectivity index (χ0) is 14.7. The Labute approximate surface area is 134 Å². The lowest BCUT2D eigenvalue weighted by molar-refractivity contribution is 0.412. The molecule has 21 heavy (non-hydrogen) atoms. The van der Waals surface area contributed by atoms with E-state index in [1.54, 1.807) is 7.11 Å². The van der Waals surface area contributed by atoms with Crippen LogP contribution >= 0.6 is 15.9 Å². The average molecular weight is 346 g/mol. The van der Waals surface area contributed by atoms with Gasteiger partial charge in [0, 0.05) is 12.2 Å². The molecular weight excluding hydrogens is 326 g/mol. The monoisotopic (exact) mass is 345 g/mol. The van der Waals surface area contributed by atoms with Crippen molar-refractivity contribution in [1.82, 2.24) is 0 Å². The van der Waals surface area contributed by atoms with Crippen molar-refractivity contribution in [2.45, 2.75) is 32.2 Å². The molecule has 0 saturated heterocycles. The fraction of sp³-hybridized carbons (Fsp3) is 0.333. The maximum atomic E-state index is 5.27. The predicted molar refractivity (Wildman–Crippen MR) is 91.1 cm³/mol. The maximum Gasteiger partial charge on any atom is 0.133 e. The topological polar surface area (TPSA) is 21.3 Å². The molecule has 0 radical (unpaired) electrons. The third-order valence-corrected chi connectivity index (χ3v) is 4.71. The van der Waals surface area contributed by atoms with Crippen molar-refractivity contribution in [3.05, 3.63) is 57.6 Å². The minimum absolute atomic E-state index is 0.832. The van der Waals surface area contributed by atoms with Crippen molar-refractivity contribution in [3.8, 4) is 5.75 Å². The summed E-state index contributed by atoms with van der Waals surface area (Å²) in [5, 5.41) is 3.59. The summed E-state index contributed by atoms with van der Waals surface area (Å²) >= 11 is 3.54. The van der Waals surface area contributed by atoms with E-state index in [0.29, 0.717) is 0 Å². The van der Waals surface area contributed by atoms with Crippen LogP contribution in [-0.2, 0) is 19.4 Å². The minimum Gasteiger partial charge on any atom is -0.496 e. The Hall–Kier alpha value is -1.48. The molecule has 1 aliphatic rings. The van der Waals surface area contributed by atoms with Crippen molar-refractivity contribution in [2.75, 3.05) is 12.4 Å². The summed E-state index contributed by atoms with van der Waals surface area (Å²) < 4.78 is 6.27. The molecule has 0 amide bonds. The van der Waals surface area contributed by atoms with Crippen LogP contribution in [0.2, 0.25) is 0 Å². The highest BCUT2D eigenvalue weighted by Crippen LogP contribution is 2.29. The molecule has 0 fully saturated rings. The molecule has 0 aromatic heterocycles. The number of fused-ring (bicyclic) bond motifs is 1. The lowest BCUT2D eigenvalue weighted by Crippen LogP contribution is -2.08. The minimum atomic E-state index is 0.832. The second-order valence-electron chi connectivity index (χ2n) is 5.47. The number of halogens is 1. The summed E-state index contributed by atoms with van der Waals surface area (Å²) in [4.78, 5) is 0. The van der Waals surface area contributed by atoms with E-state index in [9.17, 15) is 0 Å². The molecule has 3 rings (SSSR count). The summed E-state index contributed by atoms with van der Waals surface area (Å²) in [6.45, 7) is 0.832. The molecule has 3 heteroatoms. The Balaban J connectivity index is 1.75. The Morgan fingerprint density at radius 1 is 1.14 bits per heavy atom. The standard InChI is InChI=1S/C18H20BrNO/c1-21-18-10-9-13(11-16(18)19)12-20-17-8-4-6-14-5-2-3-7-15(14)17/h4,6,8-11,20H,2-3,5,7,12H2,1H3. The van der Waals surface area contributed by atoms with Crippen LogP contribution < -0.4 is 10.1 Å². The van der Waals surface area contributed by atoms with Crippen molar-refractivity contribution in [3.63, 3.8) is 0 Å². The first-order chi connectivity index (χ1) is 10.3. The van der Waals surface area contributed by atoms with Gasteiger partial charge < -0.3 is 10.1 Å². The predicted octanol–water partition coefficient (Wildman–Crippen LogP) is 4.95. The van der Waals surface area contributed by atoms with E-state index in [0.717, 1.165) is 16.8 Å². The van der Waals surface area contributed by atoms with Crippen LogP contribution in [0.25, 0.3) is 0 Å². The van der Waals surface area contributed by atoms with Gasteiger partial charge in [0.25, 0.3) is 0 Å². The van der Waals surface area contributed by atoms with Gasteiger partial charge in [-0.2, -0.15) is 0 Å². The third kappa shape index (κ3) is 3.24. The van der Waals surface area contributed by atoms with Gasteiger partial charge >= 0.3 is 0 Å². The van der Waals surface area contributed by atoms with E-state index >= 15 is 0 Å². The number of methoxy groups -OCH3 is 1. The Morgan fingerprint density at radius 3 is 2.81 bits per heavy atom. The first-order valence-corrected chi connectivity index (χ1v) is 8.24. The summed E-state index contributed by atoms with van der Waals surface area (Å²) in [6.07, 6.45) is 5.05. The maximum absolute atomic E-state index is 5.27. The lowest BCUT2D eigenvalue weighted by Gasteiger charge is -2.20. The van der Waals surface area contributed by atoms with Crippen molar-refractivity contribution in [2.24, 2.45) is 0 Å². The Morgan fingerprint density at radius 2 is 2.00 bits per heavy atom. The molecule has 0 saturated carbocycles. The van der Waals surface area contributed by atoms with Crippen LogP contribution in [0.4, 0.5) is 5.69 Å². The number of rotatable bonds is 4. The molecule has 0 bridgehead atoms. The SMILES string of the molecule is COc1ccc(CNc2cccc3c2CCCC3)cc1Br. The van der Waals surface area contributed by atoms with Gasteiger partial charge in [0.05, 0.1) is 11.6 Å². The van der Waals surface area contributed by atoms with Gasteiger partial charge in [0.15, 0.2) is 0 Å². The second-order valence-corrected chi connectivity index (χ2v) is 6.33. The second kappa shape index (κ2) is 6.52. The normalized spacial score (nSPS) is 13.6. The highest BCUT2D eigenvalue weighted by Gasteiger charge is 2.12. The third-order valence-electron chi connectivity index (χ3n) is 4.10. The molecule has 0 unspecified atom stereocenters. The van der Waals surface area contributed by atoms with Crippen LogP contribution in [0.3, 0.4) is 0 Å². The first-order valence-electron chi connectivity index (χ1n) is 7.45. The van der Waals surface area contributed by atoms with E-state index in [4.69, 9.17) is 4.74 Å². The zero-order valence-corrected chi connectivity index (χ0v) is 13.9.